The lowest BCUT2D eigenvalue weighted by molar-refractivity contribution is -0.134. The molecule has 6 nitrogen and oxygen atoms in total. The fourth-order valence-corrected chi connectivity index (χ4v) is 3.73. The minimum Gasteiger partial charge on any atom is -0.408 e. The molecular weight excluding hydrogens is 352 g/mol. The Labute approximate surface area is 167 Å². The number of nitrogens with zero attached hydrogens (tertiary/aromatic N) is 4. The van der Waals surface area contributed by atoms with Gasteiger partial charge in [-0.25, -0.2) is 0 Å². The number of piperazine rings is 1. The Morgan fingerprint density at radius 2 is 1.61 bits per heavy atom. The van der Waals surface area contributed by atoms with Gasteiger partial charge in [-0.15, -0.1) is 5.10 Å². The van der Waals surface area contributed by atoms with Crippen LogP contribution < -0.4 is 4.90 Å². The van der Waals surface area contributed by atoms with E-state index in [0.29, 0.717) is 44.0 Å². The Morgan fingerprint density at radius 1 is 1.00 bits per heavy atom. The highest BCUT2D eigenvalue weighted by molar-refractivity contribution is 5.84. The first-order valence-electron chi connectivity index (χ1n) is 10.4. The summed E-state index contributed by atoms with van der Waals surface area (Å²) in [6, 6.07) is 9.12. The van der Waals surface area contributed by atoms with E-state index in [4.69, 9.17) is 4.42 Å². The fourth-order valence-electron chi connectivity index (χ4n) is 3.73. The number of aryl methyl sites for hydroxylation is 1. The van der Waals surface area contributed by atoms with Crippen LogP contribution in [0.4, 0.5) is 6.01 Å². The molecule has 0 radical (unpaired) electrons. The standard InChI is InChI=1S/C22H32N4O2/c1-6-19-23-24-22(28-19)26-13-11-25(12-14-26)21(27)20(16(4)5)18-9-7-17(8-10-18)15(2)3/h7-10,15-16,20H,6,11-14H2,1-5H3. The van der Waals surface area contributed by atoms with Crippen LogP contribution in [0, 0.1) is 5.92 Å². The Hall–Kier alpha value is -2.37. The topological polar surface area (TPSA) is 62.5 Å². The molecule has 0 bridgehead atoms. The van der Waals surface area contributed by atoms with Crippen molar-refractivity contribution in [2.45, 2.75) is 52.9 Å². The smallest absolute Gasteiger partial charge is 0.318 e. The maximum Gasteiger partial charge on any atom is 0.318 e. The van der Waals surface area contributed by atoms with Crippen molar-refractivity contribution in [1.29, 1.82) is 0 Å². The molecule has 0 saturated carbocycles. The van der Waals surface area contributed by atoms with E-state index in [9.17, 15) is 4.79 Å². The zero-order chi connectivity index (χ0) is 20.3. The van der Waals surface area contributed by atoms with Gasteiger partial charge in [-0.3, -0.25) is 4.79 Å². The van der Waals surface area contributed by atoms with E-state index >= 15 is 0 Å². The van der Waals surface area contributed by atoms with Crippen molar-refractivity contribution in [2.75, 3.05) is 31.1 Å². The molecule has 0 N–H and O–H groups in total. The molecular formula is C22H32N4O2. The lowest BCUT2D eigenvalue weighted by atomic mass is 9.86. The van der Waals surface area contributed by atoms with Gasteiger partial charge in [0.1, 0.15) is 0 Å². The van der Waals surface area contributed by atoms with Crippen LogP contribution in [-0.2, 0) is 11.2 Å². The molecule has 1 aliphatic rings. The van der Waals surface area contributed by atoms with Crippen LogP contribution in [0.1, 0.15) is 63.5 Å². The summed E-state index contributed by atoms with van der Waals surface area (Å²) >= 11 is 0. The van der Waals surface area contributed by atoms with E-state index in [1.165, 1.54) is 5.56 Å². The van der Waals surface area contributed by atoms with Crippen LogP contribution in [0.15, 0.2) is 28.7 Å². The van der Waals surface area contributed by atoms with Crippen LogP contribution in [0.5, 0.6) is 0 Å². The Bertz CT molecular complexity index is 774. The predicted molar refractivity (Wildman–Crippen MR) is 111 cm³/mol. The Balaban J connectivity index is 1.67. The van der Waals surface area contributed by atoms with Crippen molar-refractivity contribution in [2.24, 2.45) is 5.92 Å². The van der Waals surface area contributed by atoms with Gasteiger partial charge in [0.05, 0.1) is 5.92 Å². The third-order valence-electron chi connectivity index (χ3n) is 5.52. The van der Waals surface area contributed by atoms with E-state index < -0.39 is 0 Å². The molecule has 1 fully saturated rings. The summed E-state index contributed by atoms with van der Waals surface area (Å²) in [5.41, 5.74) is 2.41. The van der Waals surface area contributed by atoms with E-state index in [1.54, 1.807) is 0 Å². The molecule has 6 heteroatoms. The quantitative estimate of drug-likeness (QED) is 0.757. The second kappa shape index (κ2) is 8.76. The molecule has 1 saturated heterocycles. The average Bonchev–Trinajstić information content (AvgIpc) is 3.17. The molecule has 1 aliphatic heterocycles. The van der Waals surface area contributed by atoms with Crippen LogP contribution in [0.3, 0.4) is 0 Å². The molecule has 2 aromatic rings. The van der Waals surface area contributed by atoms with E-state index in [1.807, 2.05) is 11.8 Å². The zero-order valence-electron chi connectivity index (χ0n) is 17.7. The maximum atomic E-state index is 13.3. The molecule has 1 unspecified atom stereocenters. The van der Waals surface area contributed by atoms with Crippen molar-refractivity contribution in [1.82, 2.24) is 15.1 Å². The molecule has 1 aromatic heterocycles. The number of hydrogen-bond acceptors (Lipinski definition) is 5. The highest BCUT2D eigenvalue weighted by Crippen LogP contribution is 2.29. The summed E-state index contributed by atoms with van der Waals surface area (Å²) in [7, 11) is 0. The minimum atomic E-state index is -0.108. The van der Waals surface area contributed by atoms with E-state index in [2.05, 4.69) is 67.1 Å². The number of carbonyl (C=O) groups excluding carboxylic acids is 1. The summed E-state index contributed by atoms with van der Waals surface area (Å²) in [4.78, 5) is 17.4. The molecule has 2 heterocycles. The second-order valence-corrected chi connectivity index (χ2v) is 8.19. The zero-order valence-corrected chi connectivity index (χ0v) is 17.7. The third kappa shape index (κ3) is 4.37. The number of hydrogen-bond donors (Lipinski definition) is 0. The number of aromatic nitrogens is 2. The lowest BCUT2D eigenvalue weighted by Crippen LogP contribution is -2.50. The lowest BCUT2D eigenvalue weighted by Gasteiger charge is -2.36. The highest BCUT2D eigenvalue weighted by Gasteiger charge is 2.31. The van der Waals surface area contributed by atoms with Crippen LogP contribution >= 0.6 is 0 Å². The SMILES string of the molecule is CCc1nnc(N2CCN(C(=O)C(c3ccc(C(C)C)cc3)C(C)C)CC2)o1. The van der Waals surface area contributed by atoms with Crippen molar-refractivity contribution in [3.63, 3.8) is 0 Å². The summed E-state index contributed by atoms with van der Waals surface area (Å²) in [6.45, 7) is 13.4. The molecule has 3 rings (SSSR count). The number of rotatable bonds is 6. The monoisotopic (exact) mass is 384 g/mol. The van der Waals surface area contributed by atoms with Crippen LogP contribution in [-0.4, -0.2) is 47.2 Å². The second-order valence-electron chi connectivity index (χ2n) is 8.19. The first kappa shape index (κ1) is 20.4. The third-order valence-corrected chi connectivity index (χ3v) is 5.52. The predicted octanol–water partition coefficient (Wildman–Crippen LogP) is 3.84. The largest absolute Gasteiger partial charge is 0.408 e. The summed E-state index contributed by atoms with van der Waals surface area (Å²) in [5.74, 6) is 1.50. The van der Waals surface area contributed by atoms with Gasteiger partial charge in [0, 0.05) is 32.6 Å². The number of carbonyl (C=O) groups is 1. The molecule has 1 aromatic carbocycles. The number of anilines is 1. The van der Waals surface area contributed by atoms with Gasteiger partial charge in [0.25, 0.3) is 0 Å². The fraction of sp³-hybridized carbons (Fsp3) is 0.591. The van der Waals surface area contributed by atoms with Crippen molar-refractivity contribution in [3.8, 4) is 0 Å². The Kier molecular flexibility index (Phi) is 6.37. The molecule has 152 valence electrons. The van der Waals surface area contributed by atoms with Crippen molar-refractivity contribution < 1.29 is 9.21 Å². The van der Waals surface area contributed by atoms with Gasteiger partial charge in [0.15, 0.2) is 0 Å². The average molecular weight is 385 g/mol. The van der Waals surface area contributed by atoms with Gasteiger partial charge in [0.2, 0.25) is 11.8 Å². The molecule has 28 heavy (non-hydrogen) atoms. The molecule has 1 amide bonds. The van der Waals surface area contributed by atoms with Gasteiger partial charge >= 0.3 is 6.01 Å². The van der Waals surface area contributed by atoms with Crippen LogP contribution in [0.2, 0.25) is 0 Å². The minimum absolute atomic E-state index is 0.108. The highest BCUT2D eigenvalue weighted by atomic mass is 16.4. The molecule has 1 atom stereocenters. The number of amides is 1. The summed E-state index contributed by atoms with van der Waals surface area (Å²) in [6.07, 6.45) is 0.733. The normalized spacial score (nSPS) is 16.1. The Morgan fingerprint density at radius 3 is 2.11 bits per heavy atom. The number of benzene rings is 1. The molecule has 0 spiro atoms. The summed E-state index contributed by atoms with van der Waals surface area (Å²) < 4.78 is 5.65. The van der Waals surface area contributed by atoms with E-state index in [-0.39, 0.29) is 17.7 Å². The van der Waals surface area contributed by atoms with E-state index in [0.717, 1.165) is 12.0 Å². The van der Waals surface area contributed by atoms with Crippen LogP contribution in [0.25, 0.3) is 0 Å². The van der Waals surface area contributed by atoms with Gasteiger partial charge < -0.3 is 14.2 Å². The van der Waals surface area contributed by atoms with Gasteiger partial charge in [-0.1, -0.05) is 64.0 Å². The molecule has 0 aliphatic carbocycles. The van der Waals surface area contributed by atoms with Crippen molar-refractivity contribution in [3.05, 3.63) is 41.3 Å². The first-order valence-corrected chi connectivity index (χ1v) is 10.4. The van der Waals surface area contributed by atoms with Gasteiger partial charge in [-0.2, -0.15) is 0 Å². The van der Waals surface area contributed by atoms with Gasteiger partial charge in [-0.05, 0) is 23.0 Å². The first-order chi connectivity index (χ1) is 13.4. The maximum absolute atomic E-state index is 13.3. The summed E-state index contributed by atoms with van der Waals surface area (Å²) in [5, 5.41) is 8.16. The van der Waals surface area contributed by atoms with Crippen molar-refractivity contribution >= 4 is 11.9 Å².